The fraction of sp³-hybridized carbons (Fsp3) is 0.412. The van der Waals surface area contributed by atoms with E-state index in [1.54, 1.807) is 6.33 Å². The molecular formula is C17H21N3. The third kappa shape index (κ3) is 2.88. The van der Waals surface area contributed by atoms with E-state index in [-0.39, 0.29) is 0 Å². The molecule has 2 aromatic rings. The molecule has 0 amide bonds. The second kappa shape index (κ2) is 6.14. The number of nitrogens with zero attached hydrogens (tertiary/aromatic N) is 2. The molecule has 0 spiro atoms. The average molecular weight is 267 g/mol. The minimum absolute atomic E-state index is 0.454. The second-order valence-corrected chi connectivity index (χ2v) is 5.56. The Hall–Kier alpha value is -1.74. The molecule has 20 heavy (non-hydrogen) atoms. The van der Waals surface area contributed by atoms with Crippen molar-refractivity contribution in [2.75, 3.05) is 0 Å². The Morgan fingerprint density at radius 3 is 2.45 bits per heavy atom. The summed E-state index contributed by atoms with van der Waals surface area (Å²) < 4.78 is 0. The lowest BCUT2D eigenvalue weighted by atomic mass is 9.84. The maximum absolute atomic E-state index is 5.63. The number of aromatic nitrogens is 2. The number of benzene rings is 1. The van der Waals surface area contributed by atoms with Crippen LogP contribution in [0.25, 0.3) is 11.3 Å². The number of hydrogen-bond donors (Lipinski definition) is 1. The van der Waals surface area contributed by atoms with Crippen LogP contribution in [0.3, 0.4) is 0 Å². The molecule has 1 aliphatic rings. The van der Waals surface area contributed by atoms with Crippen molar-refractivity contribution in [3.8, 4) is 11.3 Å². The average Bonchev–Trinajstić information content (AvgIpc) is 2.56. The van der Waals surface area contributed by atoms with Crippen LogP contribution >= 0.6 is 0 Å². The van der Waals surface area contributed by atoms with Crippen LogP contribution in [0.15, 0.2) is 36.7 Å². The van der Waals surface area contributed by atoms with Gasteiger partial charge in [-0.05, 0) is 30.4 Å². The minimum atomic E-state index is 0.454. The van der Waals surface area contributed by atoms with E-state index in [1.807, 2.05) is 6.07 Å². The molecule has 2 N–H and O–H groups in total. The first-order valence-electron chi connectivity index (χ1n) is 7.48. The summed E-state index contributed by atoms with van der Waals surface area (Å²) >= 11 is 0. The zero-order chi connectivity index (χ0) is 13.8. The molecule has 1 heterocycles. The molecule has 0 aliphatic heterocycles. The molecule has 1 aliphatic carbocycles. The summed E-state index contributed by atoms with van der Waals surface area (Å²) in [4.78, 5) is 8.47. The van der Waals surface area contributed by atoms with E-state index in [1.165, 1.54) is 37.7 Å². The van der Waals surface area contributed by atoms with Crippen LogP contribution in [0, 0.1) is 0 Å². The zero-order valence-electron chi connectivity index (χ0n) is 11.8. The van der Waals surface area contributed by atoms with Gasteiger partial charge in [0.25, 0.3) is 0 Å². The number of nitrogens with two attached hydrogens (primary N) is 1. The van der Waals surface area contributed by atoms with E-state index in [0.717, 1.165) is 22.9 Å². The summed E-state index contributed by atoms with van der Waals surface area (Å²) in [6, 6.07) is 10.8. The van der Waals surface area contributed by atoms with Gasteiger partial charge in [-0.1, -0.05) is 43.5 Å². The Morgan fingerprint density at radius 1 is 1.00 bits per heavy atom. The van der Waals surface area contributed by atoms with Crippen LogP contribution in [0.1, 0.15) is 49.3 Å². The normalized spacial score (nSPS) is 16.2. The highest BCUT2D eigenvalue weighted by Gasteiger charge is 2.15. The predicted octanol–water partition coefficient (Wildman–Crippen LogP) is 3.65. The van der Waals surface area contributed by atoms with Crippen molar-refractivity contribution in [1.82, 2.24) is 9.97 Å². The van der Waals surface area contributed by atoms with Gasteiger partial charge in [-0.3, -0.25) is 0 Å². The van der Waals surface area contributed by atoms with Crippen LogP contribution in [0.2, 0.25) is 0 Å². The molecule has 1 saturated carbocycles. The third-order valence-electron chi connectivity index (χ3n) is 4.22. The molecule has 0 bridgehead atoms. The van der Waals surface area contributed by atoms with Crippen molar-refractivity contribution in [3.63, 3.8) is 0 Å². The third-order valence-corrected chi connectivity index (χ3v) is 4.22. The van der Waals surface area contributed by atoms with Crippen LogP contribution in [-0.4, -0.2) is 9.97 Å². The van der Waals surface area contributed by atoms with E-state index in [0.29, 0.717) is 6.54 Å². The lowest BCUT2D eigenvalue weighted by Crippen LogP contribution is -2.04. The zero-order valence-corrected chi connectivity index (χ0v) is 11.8. The Balaban J connectivity index is 1.81. The Morgan fingerprint density at radius 2 is 1.75 bits per heavy atom. The molecule has 3 rings (SSSR count). The molecule has 0 unspecified atom stereocenters. The van der Waals surface area contributed by atoms with Gasteiger partial charge >= 0.3 is 0 Å². The highest BCUT2D eigenvalue weighted by Crippen LogP contribution is 2.33. The first-order valence-corrected chi connectivity index (χ1v) is 7.48. The summed E-state index contributed by atoms with van der Waals surface area (Å²) in [7, 11) is 0. The van der Waals surface area contributed by atoms with Crippen LogP contribution in [0.4, 0.5) is 0 Å². The van der Waals surface area contributed by atoms with Crippen molar-refractivity contribution in [2.24, 2.45) is 5.73 Å². The topological polar surface area (TPSA) is 51.8 Å². The fourth-order valence-corrected chi connectivity index (χ4v) is 3.03. The predicted molar refractivity (Wildman–Crippen MR) is 81.2 cm³/mol. The Bertz CT molecular complexity index is 557. The maximum atomic E-state index is 5.63. The van der Waals surface area contributed by atoms with Crippen molar-refractivity contribution in [2.45, 2.75) is 44.6 Å². The van der Waals surface area contributed by atoms with Crippen molar-refractivity contribution >= 4 is 0 Å². The van der Waals surface area contributed by atoms with Gasteiger partial charge < -0.3 is 5.73 Å². The molecule has 1 fully saturated rings. The molecule has 0 atom stereocenters. The van der Waals surface area contributed by atoms with Gasteiger partial charge in [-0.25, -0.2) is 9.97 Å². The van der Waals surface area contributed by atoms with Gasteiger partial charge in [0, 0.05) is 12.1 Å². The van der Waals surface area contributed by atoms with Crippen LogP contribution in [-0.2, 0) is 6.54 Å². The van der Waals surface area contributed by atoms with E-state index >= 15 is 0 Å². The molecule has 0 radical (unpaired) electrons. The number of rotatable bonds is 3. The van der Waals surface area contributed by atoms with E-state index in [4.69, 9.17) is 5.73 Å². The highest BCUT2D eigenvalue weighted by molar-refractivity contribution is 5.59. The van der Waals surface area contributed by atoms with E-state index in [9.17, 15) is 0 Å². The molecule has 0 saturated heterocycles. The molecule has 3 heteroatoms. The fourth-order valence-electron chi connectivity index (χ4n) is 3.03. The summed E-state index contributed by atoms with van der Waals surface area (Å²) in [5.41, 5.74) is 10.1. The van der Waals surface area contributed by atoms with E-state index in [2.05, 4.69) is 34.2 Å². The van der Waals surface area contributed by atoms with Crippen molar-refractivity contribution in [1.29, 1.82) is 0 Å². The molecule has 1 aromatic carbocycles. The molecule has 104 valence electrons. The van der Waals surface area contributed by atoms with Gasteiger partial charge in [0.2, 0.25) is 0 Å². The van der Waals surface area contributed by atoms with Gasteiger partial charge in [-0.15, -0.1) is 0 Å². The largest absolute Gasteiger partial charge is 0.325 e. The molecule has 3 nitrogen and oxygen atoms in total. The van der Waals surface area contributed by atoms with Crippen LogP contribution < -0.4 is 5.73 Å². The second-order valence-electron chi connectivity index (χ2n) is 5.56. The quantitative estimate of drug-likeness (QED) is 0.923. The summed E-state index contributed by atoms with van der Waals surface area (Å²) in [6.07, 6.45) is 8.41. The van der Waals surface area contributed by atoms with Crippen LogP contribution in [0.5, 0.6) is 0 Å². The maximum Gasteiger partial charge on any atom is 0.116 e. The summed E-state index contributed by atoms with van der Waals surface area (Å²) in [6.45, 7) is 0.454. The van der Waals surface area contributed by atoms with Gasteiger partial charge in [0.15, 0.2) is 0 Å². The Kier molecular flexibility index (Phi) is 4.07. The SMILES string of the molecule is NCc1cc(-c2ccc(C3CCCCC3)cc2)ncn1. The first-order chi connectivity index (χ1) is 9.86. The lowest BCUT2D eigenvalue weighted by Gasteiger charge is -2.22. The first kappa shape index (κ1) is 13.3. The summed E-state index contributed by atoms with van der Waals surface area (Å²) in [5, 5.41) is 0. The lowest BCUT2D eigenvalue weighted by molar-refractivity contribution is 0.443. The Labute approximate surface area is 120 Å². The van der Waals surface area contributed by atoms with E-state index < -0.39 is 0 Å². The summed E-state index contributed by atoms with van der Waals surface area (Å²) in [5.74, 6) is 0.753. The monoisotopic (exact) mass is 267 g/mol. The number of hydrogen-bond acceptors (Lipinski definition) is 3. The van der Waals surface area contributed by atoms with Gasteiger partial charge in [-0.2, -0.15) is 0 Å². The van der Waals surface area contributed by atoms with Gasteiger partial charge in [0.1, 0.15) is 6.33 Å². The van der Waals surface area contributed by atoms with Gasteiger partial charge in [0.05, 0.1) is 11.4 Å². The standard InChI is InChI=1S/C17H21N3/c18-11-16-10-17(20-12-19-16)15-8-6-14(7-9-15)13-4-2-1-3-5-13/h6-10,12-13H,1-5,11,18H2. The highest BCUT2D eigenvalue weighted by atomic mass is 14.8. The van der Waals surface area contributed by atoms with Crippen molar-refractivity contribution in [3.05, 3.63) is 47.9 Å². The molecular weight excluding hydrogens is 246 g/mol. The smallest absolute Gasteiger partial charge is 0.116 e. The van der Waals surface area contributed by atoms with Crippen molar-refractivity contribution < 1.29 is 0 Å². The minimum Gasteiger partial charge on any atom is -0.325 e. The molecule has 1 aromatic heterocycles.